The molecule has 138 valence electrons. The molecule has 0 radical (unpaired) electrons. The summed E-state index contributed by atoms with van der Waals surface area (Å²) >= 11 is 0. The molecular formula is C16H38NaO5P. The second kappa shape index (κ2) is 19.4. The van der Waals surface area contributed by atoms with E-state index in [2.05, 4.69) is 27.7 Å². The summed E-state index contributed by atoms with van der Waals surface area (Å²) in [4.78, 5) is 21.6. The van der Waals surface area contributed by atoms with Gasteiger partial charge in [-0.3, -0.25) is 0 Å². The normalized spacial score (nSPS) is 13.5. The maximum atomic E-state index is 8.88. The van der Waals surface area contributed by atoms with Gasteiger partial charge in [-0.15, -0.1) is 0 Å². The van der Waals surface area contributed by atoms with Crippen LogP contribution < -0.4 is 29.6 Å². The molecule has 0 amide bonds. The van der Waals surface area contributed by atoms with Gasteiger partial charge in [-0.25, -0.2) is 4.57 Å². The summed E-state index contributed by atoms with van der Waals surface area (Å²) in [6.07, 6.45) is 10.6. The fourth-order valence-corrected chi connectivity index (χ4v) is 2.20. The van der Waals surface area contributed by atoms with Gasteiger partial charge in [-0.2, -0.15) is 0 Å². The van der Waals surface area contributed by atoms with Crippen LogP contribution in [0.3, 0.4) is 0 Å². The average Bonchev–Trinajstić information content (AvgIpc) is 2.44. The molecule has 0 aliphatic carbocycles. The van der Waals surface area contributed by atoms with Crippen molar-refractivity contribution in [2.75, 3.05) is 13.2 Å². The molecule has 2 atom stereocenters. The van der Waals surface area contributed by atoms with E-state index in [0.717, 1.165) is 25.0 Å². The van der Waals surface area contributed by atoms with Crippen molar-refractivity contribution in [1.82, 2.24) is 0 Å². The van der Waals surface area contributed by atoms with Crippen molar-refractivity contribution in [3.8, 4) is 0 Å². The molecule has 0 saturated carbocycles. The van der Waals surface area contributed by atoms with Crippen LogP contribution in [0, 0.1) is 11.8 Å². The van der Waals surface area contributed by atoms with E-state index in [9.17, 15) is 0 Å². The Balaban J connectivity index is -0.000000250. The Morgan fingerprint density at radius 1 is 0.870 bits per heavy atom. The fourth-order valence-electron chi connectivity index (χ4n) is 2.20. The summed E-state index contributed by atoms with van der Waals surface area (Å²) < 4.78 is 14.8. The molecule has 2 unspecified atom stereocenters. The molecule has 0 rings (SSSR count). The van der Waals surface area contributed by atoms with Gasteiger partial charge in [0.15, 0.2) is 0 Å². The maximum Gasteiger partial charge on any atom is 1.00 e. The van der Waals surface area contributed by atoms with Crippen LogP contribution >= 0.6 is 7.82 Å². The van der Waals surface area contributed by atoms with Gasteiger partial charge < -0.3 is 20.8 Å². The summed E-state index contributed by atoms with van der Waals surface area (Å²) in [7, 11) is -4.64. The minimum atomic E-state index is -4.64. The molecule has 0 aromatic heterocycles. The molecule has 0 fully saturated rings. The van der Waals surface area contributed by atoms with Crippen molar-refractivity contribution < 1.29 is 55.0 Å². The monoisotopic (exact) mass is 364 g/mol. The molecule has 7 heteroatoms. The average molecular weight is 364 g/mol. The van der Waals surface area contributed by atoms with E-state index in [1.807, 2.05) is 0 Å². The Kier molecular flexibility index (Phi) is 24.3. The quantitative estimate of drug-likeness (QED) is 0.362. The zero-order valence-electron chi connectivity index (χ0n) is 16.8. The smallest absolute Gasteiger partial charge is 1.00 e. The van der Waals surface area contributed by atoms with Gasteiger partial charge in [0.2, 0.25) is 0 Å². The third-order valence-corrected chi connectivity index (χ3v) is 3.79. The Morgan fingerprint density at radius 3 is 1.39 bits per heavy atom. The van der Waals surface area contributed by atoms with E-state index in [1.54, 1.807) is 0 Å². The number of rotatable bonds is 12. The number of ether oxygens (including phenoxy) is 1. The first kappa shape index (κ1) is 28.9. The minimum Gasteiger partial charge on any atom is -1.00 e. The van der Waals surface area contributed by atoms with E-state index in [4.69, 9.17) is 24.0 Å². The van der Waals surface area contributed by atoms with Gasteiger partial charge in [0.25, 0.3) is 0 Å². The van der Waals surface area contributed by atoms with E-state index in [1.165, 1.54) is 51.4 Å². The van der Waals surface area contributed by atoms with Crippen molar-refractivity contribution in [2.24, 2.45) is 11.8 Å². The van der Waals surface area contributed by atoms with Crippen molar-refractivity contribution in [3.63, 3.8) is 0 Å². The Labute approximate surface area is 166 Å². The van der Waals surface area contributed by atoms with Gasteiger partial charge >= 0.3 is 37.4 Å². The van der Waals surface area contributed by atoms with E-state index in [0.29, 0.717) is 0 Å². The first-order valence-electron chi connectivity index (χ1n) is 8.64. The second-order valence-electron chi connectivity index (χ2n) is 5.88. The minimum absolute atomic E-state index is 0. The first-order chi connectivity index (χ1) is 10.3. The van der Waals surface area contributed by atoms with Crippen molar-refractivity contribution in [2.45, 2.75) is 79.1 Å². The third kappa shape index (κ3) is 28.2. The van der Waals surface area contributed by atoms with Crippen LogP contribution in [-0.4, -0.2) is 27.9 Å². The summed E-state index contributed by atoms with van der Waals surface area (Å²) in [5.74, 6) is 1.58. The molecule has 0 aromatic carbocycles. The largest absolute Gasteiger partial charge is 1.00 e. The Morgan fingerprint density at radius 2 is 1.17 bits per heavy atom. The number of hydrogen-bond donors (Lipinski definition) is 3. The van der Waals surface area contributed by atoms with E-state index in [-0.39, 0.29) is 31.0 Å². The molecule has 5 nitrogen and oxygen atoms in total. The Bertz CT molecular complexity index is 255. The molecule has 0 aliphatic heterocycles. The standard InChI is InChI=1S/C16H34O.Na.H3O4P.H/c1-5-9-11-15(7-3)13-17-14-16(8-4)12-10-6-2;;1-5(2,3)4;/h15-16H,5-14H2,1-4H3;;(H3,1,2,3,4);/q;+1;;-1. The molecular weight excluding hydrogens is 326 g/mol. The molecule has 0 aromatic rings. The summed E-state index contributed by atoms with van der Waals surface area (Å²) in [5.41, 5.74) is 0. The van der Waals surface area contributed by atoms with Gasteiger partial charge in [-0.05, 0) is 24.7 Å². The fraction of sp³-hybridized carbons (Fsp3) is 1.00. The van der Waals surface area contributed by atoms with Gasteiger partial charge in [0.1, 0.15) is 0 Å². The van der Waals surface area contributed by atoms with E-state index >= 15 is 0 Å². The van der Waals surface area contributed by atoms with Gasteiger partial charge in [0.05, 0.1) is 0 Å². The molecule has 0 aliphatic rings. The van der Waals surface area contributed by atoms with E-state index < -0.39 is 7.82 Å². The van der Waals surface area contributed by atoms with Crippen LogP contribution in [0.1, 0.15) is 80.5 Å². The van der Waals surface area contributed by atoms with Gasteiger partial charge in [0, 0.05) is 13.2 Å². The summed E-state index contributed by atoms with van der Waals surface area (Å²) in [5, 5.41) is 0. The van der Waals surface area contributed by atoms with Crippen molar-refractivity contribution in [1.29, 1.82) is 0 Å². The second-order valence-corrected chi connectivity index (χ2v) is 6.91. The van der Waals surface area contributed by atoms with Gasteiger partial charge in [-0.1, -0.05) is 66.2 Å². The van der Waals surface area contributed by atoms with Crippen LogP contribution in [0.25, 0.3) is 0 Å². The molecule has 0 bridgehead atoms. The third-order valence-electron chi connectivity index (χ3n) is 3.79. The van der Waals surface area contributed by atoms with Crippen molar-refractivity contribution >= 4 is 7.82 Å². The SMILES string of the molecule is CCCCC(CC)COCC(CC)CCCC.O=P(O)(O)O.[H-].[Na+]. The number of hydrogen-bond acceptors (Lipinski definition) is 2. The van der Waals surface area contributed by atoms with Crippen LogP contribution in [0.5, 0.6) is 0 Å². The number of unbranched alkanes of at least 4 members (excludes halogenated alkanes) is 2. The first-order valence-corrected chi connectivity index (χ1v) is 10.2. The van der Waals surface area contributed by atoms with Crippen LogP contribution in [-0.2, 0) is 9.30 Å². The topological polar surface area (TPSA) is 87.0 Å². The summed E-state index contributed by atoms with van der Waals surface area (Å²) in [6, 6.07) is 0. The molecule has 3 N–H and O–H groups in total. The zero-order valence-corrected chi connectivity index (χ0v) is 18.7. The molecule has 23 heavy (non-hydrogen) atoms. The predicted octanol–water partition coefficient (Wildman–Crippen LogP) is 1.62. The van der Waals surface area contributed by atoms with Crippen LogP contribution in [0.2, 0.25) is 0 Å². The number of phosphoric acid groups is 1. The van der Waals surface area contributed by atoms with Crippen LogP contribution in [0.4, 0.5) is 0 Å². The zero-order chi connectivity index (χ0) is 17.4. The van der Waals surface area contributed by atoms with Crippen molar-refractivity contribution in [3.05, 3.63) is 0 Å². The maximum absolute atomic E-state index is 8.88. The predicted molar refractivity (Wildman–Crippen MR) is 92.8 cm³/mol. The summed E-state index contributed by atoms with van der Waals surface area (Å²) in [6.45, 7) is 11.1. The van der Waals surface area contributed by atoms with Crippen LogP contribution in [0.15, 0.2) is 0 Å². The molecule has 0 spiro atoms. The molecule has 0 saturated heterocycles. The molecule has 0 heterocycles. The Hall–Kier alpha value is 1.07.